The van der Waals surface area contributed by atoms with Crippen molar-refractivity contribution in [3.05, 3.63) is 51.4 Å². The van der Waals surface area contributed by atoms with E-state index in [0.717, 1.165) is 35.4 Å². The van der Waals surface area contributed by atoms with E-state index < -0.39 is 0 Å². The molecule has 1 aromatic heterocycles. The first-order valence-corrected chi connectivity index (χ1v) is 8.33. The summed E-state index contributed by atoms with van der Waals surface area (Å²) < 4.78 is 10.5. The van der Waals surface area contributed by atoms with Crippen LogP contribution >= 0.6 is 0 Å². The van der Waals surface area contributed by atoms with Gasteiger partial charge < -0.3 is 9.47 Å². The lowest BCUT2D eigenvalue weighted by atomic mass is 9.75. The Morgan fingerprint density at radius 1 is 1.15 bits per heavy atom. The summed E-state index contributed by atoms with van der Waals surface area (Å²) in [6, 6.07) is 7.06. The predicted octanol–water partition coefficient (Wildman–Crippen LogP) is 2.58. The van der Waals surface area contributed by atoms with Crippen LogP contribution in [0.2, 0.25) is 0 Å². The maximum atomic E-state index is 11.6. The van der Waals surface area contributed by atoms with E-state index in [1.165, 1.54) is 0 Å². The molecule has 7 heteroatoms. The van der Waals surface area contributed by atoms with Crippen LogP contribution in [0.1, 0.15) is 37.1 Å². The lowest BCUT2D eigenvalue weighted by Crippen LogP contribution is -2.30. The van der Waals surface area contributed by atoms with Crippen molar-refractivity contribution in [1.82, 2.24) is 10.2 Å². The molecule has 1 heterocycles. The molecule has 1 aliphatic carbocycles. The average Bonchev–Trinajstić information content (AvgIpc) is 2.61. The quantitative estimate of drug-likeness (QED) is 0.675. The van der Waals surface area contributed by atoms with Crippen LogP contribution in [-0.4, -0.2) is 36.3 Å². The van der Waals surface area contributed by atoms with Crippen molar-refractivity contribution in [3.8, 4) is 11.5 Å². The average molecular weight is 354 g/mol. The van der Waals surface area contributed by atoms with Gasteiger partial charge in [-0.25, -0.2) is 5.10 Å². The Bertz CT molecular complexity index is 929. The molecule has 0 atom stereocenters. The number of H-pyrrole nitrogens is 1. The fraction of sp³-hybridized carbons (Fsp3) is 0.368. The fourth-order valence-corrected chi connectivity index (χ4v) is 3.07. The number of nitrogens with one attached hydrogen (secondary N) is 1. The lowest BCUT2D eigenvalue weighted by Gasteiger charge is -2.30. The van der Waals surface area contributed by atoms with E-state index >= 15 is 0 Å². The van der Waals surface area contributed by atoms with Gasteiger partial charge in [0.25, 0.3) is 5.56 Å². The van der Waals surface area contributed by atoms with Gasteiger partial charge in [-0.15, -0.1) is 0 Å². The first-order chi connectivity index (χ1) is 12.4. The van der Waals surface area contributed by atoms with Crippen molar-refractivity contribution in [2.45, 2.75) is 26.7 Å². The number of aromatic nitrogens is 2. The summed E-state index contributed by atoms with van der Waals surface area (Å²) in [7, 11) is 3.18. The van der Waals surface area contributed by atoms with Gasteiger partial charge in [0, 0.05) is 11.6 Å². The van der Waals surface area contributed by atoms with Crippen LogP contribution in [0.15, 0.2) is 39.3 Å². The fourth-order valence-electron chi connectivity index (χ4n) is 3.07. The van der Waals surface area contributed by atoms with Gasteiger partial charge in [0.15, 0.2) is 11.5 Å². The number of nitrogens with zero attached hydrogens (tertiary/aromatic N) is 3. The molecule has 0 fully saturated rings. The van der Waals surface area contributed by atoms with E-state index in [1.807, 2.05) is 18.2 Å². The first kappa shape index (κ1) is 17.8. The number of hydrogen-bond donors (Lipinski definition) is 1. The lowest BCUT2D eigenvalue weighted by molar-refractivity contribution is 0.355. The molecule has 0 bridgehead atoms. The Labute approximate surface area is 151 Å². The minimum absolute atomic E-state index is 0.00985. The van der Waals surface area contributed by atoms with Gasteiger partial charge in [-0.2, -0.15) is 15.3 Å². The predicted molar refractivity (Wildman–Crippen MR) is 101 cm³/mol. The van der Waals surface area contributed by atoms with Gasteiger partial charge in [0.05, 0.1) is 31.8 Å². The van der Waals surface area contributed by atoms with Crippen molar-refractivity contribution < 1.29 is 9.47 Å². The molecule has 136 valence electrons. The topological polar surface area (TPSA) is 88.9 Å². The molecule has 0 radical (unpaired) electrons. The van der Waals surface area contributed by atoms with Crippen molar-refractivity contribution in [3.63, 3.8) is 0 Å². The highest BCUT2D eigenvalue weighted by Gasteiger charge is 2.31. The molecule has 0 saturated heterocycles. The third-order valence-electron chi connectivity index (χ3n) is 4.28. The maximum Gasteiger partial charge on any atom is 0.264 e. The Hall–Kier alpha value is -2.96. The second-order valence-electron chi connectivity index (χ2n) is 7.02. The van der Waals surface area contributed by atoms with Gasteiger partial charge in [-0.05, 0) is 42.0 Å². The van der Waals surface area contributed by atoms with E-state index in [9.17, 15) is 4.79 Å². The molecule has 1 N–H and O–H groups in total. The molecule has 26 heavy (non-hydrogen) atoms. The molecule has 3 rings (SSSR count). The smallest absolute Gasteiger partial charge is 0.264 e. The molecule has 0 amide bonds. The Balaban J connectivity index is 1.92. The van der Waals surface area contributed by atoms with Crippen LogP contribution in [0.4, 0.5) is 0 Å². The first-order valence-electron chi connectivity index (χ1n) is 8.33. The summed E-state index contributed by atoms with van der Waals surface area (Å²) in [6.45, 7) is 4.30. The zero-order chi connectivity index (χ0) is 18.7. The summed E-state index contributed by atoms with van der Waals surface area (Å²) in [5, 5.41) is 15.3. The van der Waals surface area contributed by atoms with E-state index in [1.54, 1.807) is 26.5 Å². The summed E-state index contributed by atoms with van der Waals surface area (Å²) >= 11 is 0. The number of aromatic amines is 1. The standard InChI is InChI=1S/C19H22N4O3/c1-19(2)9-14(13-8-18(24)23-22-15(13)10-19)21-20-11-12-5-6-16(25-3)17(7-12)26-4/h5-8,11H,9-10H2,1-4H3,(H,23,24)/b20-11+,21-14-. The monoisotopic (exact) mass is 354 g/mol. The second kappa shape index (κ2) is 7.11. The van der Waals surface area contributed by atoms with Gasteiger partial charge in [0.2, 0.25) is 0 Å². The highest BCUT2D eigenvalue weighted by molar-refractivity contribution is 6.03. The number of methoxy groups -OCH3 is 2. The number of rotatable bonds is 4. The molecular weight excluding hydrogens is 332 g/mol. The van der Waals surface area contributed by atoms with Crippen molar-refractivity contribution in [2.24, 2.45) is 15.6 Å². The van der Waals surface area contributed by atoms with Crippen LogP contribution in [0.5, 0.6) is 11.5 Å². The molecular formula is C19H22N4O3. The largest absolute Gasteiger partial charge is 0.493 e. The van der Waals surface area contributed by atoms with Gasteiger partial charge in [-0.3, -0.25) is 4.79 Å². The third kappa shape index (κ3) is 3.82. The molecule has 0 saturated carbocycles. The Morgan fingerprint density at radius 3 is 2.65 bits per heavy atom. The summed E-state index contributed by atoms with van der Waals surface area (Å²) in [4.78, 5) is 11.6. The SMILES string of the molecule is COc1ccc(/C=N/N=C2/CC(C)(C)Cc3n[nH]c(=O)cc32)cc1OC. The summed E-state index contributed by atoms with van der Waals surface area (Å²) in [5.74, 6) is 1.29. The Morgan fingerprint density at radius 2 is 1.92 bits per heavy atom. The number of fused-ring (bicyclic) bond motifs is 1. The van der Waals surface area contributed by atoms with E-state index in [-0.39, 0.29) is 11.0 Å². The second-order valence-corrected chi connectivity index (χ2v) is 7.02. The van der Waals surface area contributed by atoms with E-state index in [2.05, 4.69) is 34.2 Å². The van der Waals surface area contributed by atoms with E-state index in [4.69, 9.17) is 9.47 Å². The molecule has 0 spiro atoms. The summed E-state index contributed by atoms with van der Waals surface area (Å²) in [6.07, 6.45) is 3.17. The number of ether oxygens (including phenoxy) is 2. The molecule has 0 unspecified atom stereocenters. The third-order valence-corrected chi connectivity index (χ3v) is 4.28. The van der Waals surface area contributed by atoms with Crippen LogP contribution in [0.25, 0.3) is 0 Å². The summed E-state index contributed by atoms with van der Waals surface area (Å²) in [5.41, 5.74) is 3.01. The van der Waals surface area contributed by atoms with Gasteiger partial charge in [0.1, 0.15) is 0 Å². The van der Waals surface area contributed by atoms with Crippen LogP contribution in [-0.2, 0) is 6.42 Å². The molecule has 0 aliphatic heterocycles. The number of hydrogen-bond acceptors (Lipinski definition) is 6. The molecule has 7 nitrogen and oxygen atoms in total. The highest BCUT2D eigenvalue weighted by Crippen LogP contribution is 2.33. The highest BCUT2D eigenvalue weighted by atomic mass is 16.5. The molecule has 1 aliphatic rings. The minimum atomic E-state index is -0.236. The van der Waals surface area contributed by atoms with Crippen molar-refractivity contribution >= 4 is 11.9 Å². The van der Waals surface area contributed by atoms with Crippen LogP contribution in [0, 0.1) is 5.41 Å². The van der Waals surface area contributed by atoms with Gasteiger partial charge >= 0.3 is 0 Å². The maximum absolute atomic E-state index is 11.6. The molecule has 2 aromatic rings. The van der Waals surface area contributed by atoms with Gasteiger partial charge in [-0.1, -0.05) is 13.8 Å². The molecule has 1 aromatic carbocycles. The zero-order valence-electron chi connectivity index (χ0n) is 15.4. The Kier molecular flexibility index (Phi) is 4.88. The minimum Gasteiger partial charge on any atom is -0.493 e. The van der Waals surface area contributed by atoms with E-state index in [0.29, 0.717) is 11.5 Å². The van der Waals surface area contributed by atoms with Crippen molar-refractivity contribution in [2.75, 3.05) is 14.2 Å². The van der Waals surface area contributed by atoms with Crippen LogP contribution < -0.4 is 15.0 Å². The number of benzene rings is 1. The normalized spacial score (nSPS) is 17.3. The van der Waals surface area contributed by atoms with Crippen LogP contribution in [0.3, 0.4) is 0 Å². The van der Waals surface area contributed by atoms with Crippen molar-refractivity contribution in [1.29, 1.82) is 0 Å². The zero-order valence-corrected chi connectivity index (χ0v) is 15.4.